The fraction of sp³-hybridized carbons (Fsp3) is 0.192. The maximum atomic E-state index is 4.53. The first-order valence-electron chi connectivity index (χ1n) is 10.6. The van der Waals surface area contributed by atoms with Crippen molar-refractivity contribution in [1.29, 1.82) is 0 Å². The highest BCUT2D eigenvalue weighted by Gasteiger charge is 2.13. The van der Waals surface area contributed by atoms with E-state index < -0.39 is 0 Å². The Labute approximate surface area is 184 Å². The third-order valence-corrected chi connectivity index (χ3v) is 5.11. The number of rotatable bonds is 10. The summed E-state index contributed by atoms with van der Waals surface area (Å²) in [6.07, 6.45) is 5.56. The highest BCUT2D eigenvalue weighted by molar-refractivity contribution is 5.46. The highest BCUT2D eigenvalue weighted by Crippen LogP contribution is 2.17. The number of aromatic nitrogens is 3. The molecule has 156 valence electrons. The molecule has 0 aliphatic carbocycles. The van der Waals surface area contributed by atoms with Crippen LogP contribution < -0.4 is 4.90 Å². The smallest absolute Gasteiger partial charge is 0.0602 e. The minimum atomic E-state index is 0.770. The van der Waals surface area contributed by atoms with Gasteiger partial charge in [0, 0.05) is 50.5 Å². The minimum absolute atomic E-state index is 0.770. The van der Waals surface area contributed by atoms with Crippen LogP contribution >= 0.6 is 0 Å². The SMILES string of the molecule is c1ccc(N(CCN(Cc2ccccn2)Cc2ccccn2)Cc2ccccn2)cc1. The molecule has 4 rings (SSSR count). The summed E-state index contributed by atoms with van der Waals surface area (Å²) in [6, 6.07) is 28.8. The molecular weight excluding hydrogens is 382 g/mol. The number of pyridine rings is 3. The van der Waals surface area contributed by atoms with Crippen molar-refractivity contribution in [2.45, 2.75) is 19.6 Å². The lowest BCUT2D eigenvalue weighted by atomic mass is 10.2. The molecule has 3 aromatic heterocycles. The van der Waals surface area contributed by atoms with E-state index in [9.17, 15) is 0 Å². The van der Waals surface area contributed by atoms with Gasteiger partial charge in [-0.2, -0.15) is 0 Å². The molecule has 0 atom stereocenters. The van der Waals surface area contributed by atoms with Crippen molar-refractivity contribution in [2.24, 2.45) is 0 Å². The van der Waals surface area contributed by atoms with Crippen LogP contribution in [-0.2, 0) is 19.6 Å². The molecule has 0 aliphatic heterocycles. The molecule has 0 saturated carbocycles. The van der Waals surface area contributed by atoms with E-state index in [0.717, 1.165) is 49.8 Å². The zero-order valence-electron chi connectivity index (χ0n) is 17.6. The van der Waals surface area contributed by atoms with Crippen molar-refractivity contribution in [1.82, 2.24) is 19.9 Å². The molecule has 0 radical (unpaired) electrons. The number of para-hydroxylation sites is 1. The topological polar surface area (TPSA) is 45.2 Å². The molecule has 5 nitrogen and oxygen atoms in total. The Balaban J connectivity index is 1.50. The molecule has 0 aliphatic rings. The predicted molar refractivity (Wildman–Crippen MR) is 124 cm³/mol. The quantitative estimate of drug-likeness (QED) is 0.384. The van der Waals surface area contributed by atoms with Crippen molar-refractivity contribution in [3.8, 4) is 0 Å². The molecule has 0 saturated heterocycles. The maximum Gasteiger partial charge on any atom is 0.0602 e. The normalized spacial score (nSPS) is 10.9. The van der Waals surface area contributed by atoms with E-state index in [1.165, 1.54) is 5.69 Å². The van der Waals surface area contributed by atoms with Gasteiger partial charge in [-0.25, -0.2) is 0 Å². The summed E-state index contributed by atoms with van der Waals surface area (Å²) in [6.45, 7) is 4.09. The van der Waals surface area contributed by atoms with E-state index in [1.807, 2.05) is 55.0 Å². The molecule has 0 N–H and O–H groups in total. The van der Waals surface area contributed by atoms with Crippen LogP contribution in [0, 0.1) is 0 Å². The summed E-state index contributed by atoms with van der Waals surface area (Å²) < 4.78 is 0. The largest absolute Gasteiger partial charge is 0.364 e. The summed E-state index contributed by atoms with van der Waals surface area (Å²) in [7, 11) is 0. The first kappa shape index (κ1) is 20.7. The van der Waals surface area contributed by atoms with Gasteiger partial charge in [-0.15, -0.1) is 0 Å². The monoisotopic (exact) mass is 409 g/mol. The fourth-order valence-electron chi connectivity index (χ4n) is 3.54. The number of hydrogen-bond donors (Lipinski definition) is 0. The van der Waals surface area contributed by atoms with Gasteiger partial charge in [0.05, 0.1) is 23.6 Å². The van der Waals surface area contributed by atoms with E-state index in [4.69, 9.17) is 0 Å². The zero-order valence-corrected chi connectivity index (χ0v) is 17.6. The lowest BCUT2D eigenvalue weighted by Gasteiger charge is -2.29. The van der Waals surface area contributed by atoms with Gasteiger partial charge in [0.15, 0.2) is 0 Å². The van der Waals surface area contributed by atoms with Gasteiger partial charge < -0.3 is 4.90 Å². The summed E-state index contributed by atoms with van der Waals surface area (Å²) in [5, 5.41) is 0. The number of hydrogen-bond acceptors (Lipinski definition) is 5. The van der Waals surface area contributed by atoms with Crippen LogP contribution in [0.3, 0.4) is 0 Å². The Morgan fingerprint density at radius 2 is 0.968 bits per heavy atom. The van der Waals surface area contributed by atoms with E-state index in [2.05, 4.69) is 73.3 Å². The third kappa shape index (κ3) is 6.46. The van der Waals surface area contributed by atoms with Crippen LogP contribution in [0.4, 0.5) is 5.69 Å². The second kappa shape index (κ2) is 11.0. The van der Waals surface area contributed by atoms with Gasteiger partial charge in [0.2, 0.25) is 0 Å². The molecule has 0 spiro atoms. The summed E-state index contributed by atoms with van der Waals surface area (Å²) >= 11 is 0. The summed E-state index contributed by atoms with van der Waals surface area (Å²) in [5.74, 6) is 0. The molecule has 1 aromatic carbocycles. The van der Waals surface area contributed by atoms with Crippen molar-refractivity contribution >= 4 is 5.69 Å². The molecule has 4 aromatic rings. The summed E-state index contributed by atoms with van der Waals surface area (Å²) in [4.78, 5) is 18.4. The van der Waals surface area contributed by atoms with Crippen LogP contribution in [0.1, 0.15) is 17.1 Å². The van der Waals surface area contributed by atoms with Crippen molar-refractivity contribution in [3.63, 3.8) is 0 Å². The Hall–Kier alpha value is -3.57. The van der Waals surface area contributed by atoms with Gasteiger partial charge in [-0.05, 0) is 48.5 Å². The zero-order chi connectivity index (χ0) is 21.1. The fourth-order valence-corrected chi connectivity index (χ4v) is 3.54. The molecule has 0 bridgehead atoms. The second-order valence-corrected chi connectivity index (χ2v) is 7.43. The molecule has 3 heterocycles. The number of anilines is 1. The van der Waals surface area contributed by atoms with Crippen molar-refractivity contribution < 1.29 is 0 Å². The first-order valence-corrected chi connectivity index (χ1v) is 10.6. The number of benzene rings is 1. The van der Waals surface area contributed by atoms with Crippen LogP contribution in [0.5, 0.6) is 0 Å². The van der Waals surface area contributed by atoms with Gasteiger partial charge in [-0.1, -0.05) is 36.4 Å². The highest BCUT2D eigenvalue weighted by atomic mass is 15.2. The van der Waals surface area contributed by atoms with Crippen LogP contribution in [0.2, 0.25) is 0 Å². The average Bonchev–Trinajstić information content (AvgIpc) is 2.84. The number of nitrogens with zero attached hydrogens (tertiary/aromatic N) is 5. The third-order valence-electron chi connectivity index (χ3n) is 5.11. The van der Waals surface area contributed by atoms with Crippen LogP contribution in [-0.4, -0.2) is 32.9 Å². The molecule has 31 heavy (non-hydrogen) atoms. The van der Waals surface area contributed by atoms with Gasteiger partial charge >= 0.3 is 0 Å². The molecule has 5 heteroatoms. The Kier molecular flexibility index (Phi) is 7.34. The van der Waals surface area contributed by atoms with Gasteiger partial charge in [-0.3, -0.25) is 19.9 Å². The lowest BCUT2D eigenvalue weighted by molar-refractivity contribution is 0.255. The first-order chi connectivity index (χ1) is 15.4. The van der Waals surface area contributed by atoms with E-state index in [-0.39, 0.29) is 0 Å². The maximum absolute atomic E-state index is 4.53. The van der Waals surface area contributed by atoms with Gasteiger partial charge in [0.1, 0.15) is 0 Å². The minimum Gasteiger partial charge on any atom is -0.364 e. The summed E-state index contributed by atoms with van der Waals surface area (Å²) in [5.41, 5.74) is 4.39. The molecular formula is C26H27N5. The second-order valence-electron chi connectivity index (χ2n) is 7.43. The Morgan fingerprint density at radius 1 is 0.484 bits per heavy atom. The van der Waals surface area contributed by atoms with Crippen LogP contribution in [0.15, 0.2) is 104 Å². The van der Waals surface area contributed by atoms with E-state index >= 15 is 0 Å². The van der Waals surface area contributed by atoms with E-state index in [0.29, 0.717) is 0 Å². The van der Waals surface area contributed by atoms with Crippen molar-refractivity contribution in [3.05, 3.63) is 121 Å². The Bertz CT molecular complexity index is 969. The van der Waals surface area contributed by atoms with Gasteiger partial charge in [0.25, 0.3) is 0 Å². The lowest BCUT2D eigenvalue weighted by Crippen LogP contribution is -2.35. The Morgan fingerprint density at radius 3 is 1.45 bits per heavy atom. The molecule has 0 amide bonds. The standard InChI is InChI=1S/C26H27N5/c1-2-13-26(14-3-1)31(22-25-12-6-9-17-29-25)19-18-30(20-23-10-4-7-15-27-23)21-24-11-5-8-16-28-24/h1-17H,18-22H2. The van der Waals surface area contributed by atoms with Crippen molar-refractivity contribution in [2.75, 3.05) is 18.0 Å². The average molecular weight is 410 g/mol. The molecule has 0 fully saturated rings. The van der Waals surface area contributed by atoms with Crippen LogP contribution in [0.25, 0.3) is 0 Å². The molecule has 0 unspecified atom stereocenters. The van der Waals surface area contributed by atoms with E-state index in [1.54, 1.807) is 0 Å². The predicted octanol–water partition coefficient (Wildman–Crippen LogP) is 4.58.